The molecule has 2 aromatic rings. The van der Waals surface area contributed by atoms with Crippen LogP contribution in [-0.2, 0) is 6.42 Å². The molecule has 2 rings (SSSR count). The lowest BCUT2D eigenvalue weighted by atomic mass is 10.1. The zero-order valence-electron chi connectivity index (χ0n) is 10.2. The van der Waals surface area contributed by atoms with Gasteiger partial charge >= 0.3 is 0 Å². The molecule has 0 radical (unpaired) electrons. The highest BCUT2D eigenvalue weighted by Gasteiger charge is 2.07. The van der Waals surface area contributed by atoms with Crippen LogP contribution in [0, 0.1) is 0 Å². The Bertz CT molecular complexity index is 436. The van der Waals surface area contributed by atoms with Crippen LogP contribution < -0.4 is 0 Å². The van der Waals surface area contributed by atoms with E-state index in [1.54, 1.807) is 0 Å². The number of hydrogen-bond donors (Lipinski definition) is 0. The molecule has 0 aliphatic carbocycles. The highest BCUT2D eigenvalue weighted by atomic mass is 16.5. The predicted octanol–water partition coefficient (Wildman–Crippen LogP) is 3.86. The van der Waals surface area contributed by atoms with Crippen molar-refractivity contribution in [1.82, 2.24) is 10.1 Å². The summed E-state index contributed by atoms with van der Waals surface area (Å²) in [5.41, 5.74) is 1.01. The molecule has 0 aliphatic rings. The highest BCUT2D eigenvalue weighted by molar-refractivity contribution is 5.53. The van der Waals surface area contributed by atoms with Gasteiger partial charge in [0.2, 0.25) is 11.7 Å². The van der Waals surface area contributed by atoms with Gasteiger partial charge < -0.3 is 4.52 Å². The Morgan fingerprint density at radius 1 is 1.06 bits per heavy atom. The zero-order chi connectivity index (χ0) is 11.9. The highest BCUT2D eigenvalue weighted by Crippen LogP contribution is 2.15. The summed E-state index contributed by atoms with van der Waals surface area (Å²) in [5, 5.41) is 4.00. The third kappa shape index (κ3) is 3.41. The van der Waals surface area contributed by atoms with E-state index >= 15 is 0 Å². The lowest BCUT2D eigenvalue weighted by Crippen LogP contribution is -1.86. The van der Waals surface area contributed by atoms with Gasteiger partial charge in [0.25, 0.3) is 0 Å². The molecule has 90 valence electrons. The summed E-state index contributed by atoms with van der Waals surface area (Å²) in [7, 11) is 0. The molecule has 0 bridgehead atoms. The van der Waals surface area contributed by atoms with Crippen molar-refractivity contribution in [1.29, 1.82) is 0 Å². The molecule has 1 heterocycles. The molecule has 0 N–H and O–H groups in total. The molecule has 3 heteroatoms. The lowest BCUT2D eigenvalue weighted by molar-refractivity contribution is 0.374. The van der Waals surface area contributed by atoms with E-state index in [1.165, 1.54) is 19.3 Å². The van der Waals surface area contributed by atoms with Crippen molar-refractivity contribution >= 4 is 0 Å². The number of unbranched alkanes of at least 4 members (excludes halogenated alkanes) is 3. The van der Waals surface area contributed by atoms with Crippen molar-refractivity contribution < 1.29 is 4.52 Å². The summed E-state index contributed by atoms with van der Waals surface area (Å²) in [6, 6.07) is 9.92. The van der Waals surface area contributed by atoms with Gasteiger partial charge in [0.1, 0.15) is 0 Å². The van der Waals surface area contributed by atoms with Crippen LogP contribution in [0.25, 0.3) is 11.4 Å². The van der Waals surface area contributed by atoms with Gasteiger partial charge in [0.05, 0.1) is 0 Å². The second-order valence-electron chi connectivity index (χ2n) is 4.19. The number of nitrogens with zero attached hydrogens (tertiary/aromatic N) is 2. The molecule has 0 atom stereocenters. The number of aryl methyl sites for hydroxylation is 1. The second-order valence-corrected chi connectivity index (χ2v) is 4.19. The Kier molecular flexibility index (Phi) is 4.30. The SMILES string of the molecule is CCCCCCc1nc(-c2ccccc2)no1. The van der Waals surface area contributed by atoms with Crippen LogP contribution in [0.5, 0.6) is 0 Å². The first-order chi connectivity index (χ1) is 8.40. The predicted molar refractivity (Wildman–Crippen MR) is 67.6 cm³/mol. The molecule has 0 spiro atoms. The molecule has 0 fully saturated rings. The number of benzene rings is 1. The van der Waals surface area contributed by atoms with Gasteiger partial charge in [0, 0.05) is 12.0 Å². The number of aromatic nitrogens is 2. The quantitative estimate of drug-likeness (QED) is 0.707. The largest absolute Gasteiger partial charge is 0.339 e. The fourth-order valence-electron chi connectivity index (χ4n) is 1.76. The van der Waals surface area contributed by atoms with Crippen molar-refractivity contribution in [2.24, 2.45) is 0 Å². The zero-order valence-corrected chi connectivity index (χ0v) is 10.2. The van der Waals surface area contributed by atoms with E-state index in [4.69, 9.17) is 4.52 Å². The maximum absolute atomic E-state index is 5.24. The molecule has 0 amide bonds. The van der Waals surface area contributed by atoms with E-state index in [2.05, 4.69) is 17.1 Å². The van der Waals surface area contributed by atoms with Crippen molar-refractivity contribution in [2.45, 2.75) is 39.0 Å². The van der Waals surface area contributed by atoms with Crippen LogP contribution in [0.3, 0.4) is 0 Å². The van der Waals surface area contributed by atoms with E-state index in [-0.39, 0.29) is 0 Å². The topological polar surface area (TPSA) is 38.9 Å². The fraction of sp³-hybridized carbons (Fsp3) is 0.429. The third-order valence-electron chi connectivity index (χ3n) is 2.74. The third-order valence-corrected chi connectivity index (χ3v) is 2.74. The van der Waals surface area contributed by atoms with Crippen molar-refractivity contribution in [2.75, 3.05) is 0 Å². The minimum Gasteiger partial charge on any atom is -0.339 e. The fourth-order valence-corrected chi connectivity index (χ4v) is 1.76. The van der Waals surface area contributed by atoms with Gasteiger partial charge in [-0.2, -0.15) is 4.98 Å². The summed E-state index contributed by atoms with van der Waals surface area (Å²) in [4.78, 5) is 4.40. The molecule has 1 aromatic carbocycles. The van der Waals surface area contributed by atoms with E-state index in [0.29, 0.717) is 5.82 Å². The first kappa shape index (κ1) is 11.8. The second kappa shape index (κ2) is 6.18. The molecule has 0 saturated heterocycles. The average Bonchev–Trinajstić information content (AvgIpc) is 2.85. The van der Waals surface area contributed by atoms with Crippen LogP contribution in [0.4, 0.5) is 0 Å². The maximum Gasteiger partial charge on any atom is 0.226 e. The smallest absolute Gasteiger partial charge is 0.226 e. The Hall–Kier alpha value is -1.64. The first-order valence-corrected chi connectivity index (χ1v) is 6.28. The number of hydrogen-bond acceptors (Lipinski definition) is 3. The Morgan fingerprint density at radius 3 is 2.65 bits per heavy atom. The lowest BCUT2D eigenvalue weighted by Gasteiger charge is -1.94. The van der Waals surface area contributed by atoms with Crippen LogP contribution in [-0.4, -0.2) is 10.1 Å². The molecular weight excluding hydrogens is 212 g/mol. The summed E-state index contributed by atoms with van der Waals surface area (Å²) in [6.07, 6.45) is 5.78. The van der Waals surface area contributed by atoms with E-state index < -0.39 is 0 Å². The average molecular weight is 230 g/mol. The van der Waals surface area contributed by atoms with Gasteiger partial charge in [-0.25, -0.2) is 0 Å². The minimum absolute atomic E-state index is 0.691. The summed E-state index contributed by atoms with van der Waals surface area (Å²) in [5.74, 6) is 1.44. The summed E-state index contributed by atoms with van der Waals surface area (Å²) < 4.78 is 5.24. The molecule has 0 unspecified atom stereocenters. The Labute approximate surface area is 102 Å². The molecular formula is C14H18N2O. The van der Waals surface area contributed by atoms with Gasteiger partial charge in [-0.3, -0.25) is 0 Å². The van der Waals surface area contributed by atoms with Crippen LogP contribution in [0.2, 0.25) is 0 Å². The van der Waals surface area contributed by atoms with Crippen LogP contribution in [0.1, 0.15) is 38.5 Å². The minimum atomic E-state index is 0.691. The van der Waals surface area contributed by atoms with Gasteiger partial charge in [-0.15, -0.1) is 0 Å². The van der Waals surface area contributed by atoms with Crippen LogP contribution in [0.15, 0.2) is 34.9 Å². The molecule has 17 heavy (non-hydrogen) atoms. The Morgan fingerprint density at radius 2 is 1.88 bits per heavy atom. The monoisotopic (exact) mass is 230 g/mol. The summed E-state index contributed by atoms with van der Waals surface area (Å²) in [6.45, 7) is 2.21. The van der Waals surface area contributed by atoms with Gasteiger partial charge in [-0.1, -0.05) is 61.7 Å². The van der Waals surface area contributed by atoms with Gasteiger partial charge in [-0.05, 0) is 6.42 Å². The number of rotatable bonds is 6. The normalized spacial score (nSPS) is 10.6. The van der Waals surface area contributed by atoms with Crippen molar-refractivity contribution in [3.8, 4) is 11.4 Å². The summed E-state index contributed by atoms with van der Waals surface area (Å²) >= 11 is 0. The molecule has 3 nitrogen and oxygen atoms in total. The van der Waals surface area contributed by atoms with Crippen LogP contribution >= 0.6 is 0 Å². The molecule has 1 aromatic heterocycles. The van der Waals surface area contributed by atoms with Crippen molar-refractivity contribution in [3.05, 3.63) is 36.2 Å². The van der Waals surface area contributed by atoms with E-state index in [0.717, 1.165) is 24.3 Å². The first-order valence-electron chi connectivity index (χ1n) is 6.28. The molecule has 0 aliphatic heterocycles. The van der Waals surface area contributed by atoms with Gasteiger partial charge in [0.15, 0.2) is 0 Å². The standard InChI is InChI=1S/C14H18N2O/c1-2-3-4-8-11-13-15-14(16-17-13)12-9-6-5-7-10-12/h5-7,9-10H,2-4,8,11H2,1H3. The maximum atomic E-state index is 5.24. The van der Waals surface area contributed by atoms with E-state index in [9.17, 15) is 0 Å². The Balaban J connectivity index is 1.92. The van der Waals surface area contributed by atoms with E-state index in [1.807, 2.05) is 30.3 Å². The molecule has 0 saturated carbocycles. The van der Waals surface area contributed by atoms with Crippen molar-refractivity contribution in [3.63, 3.8) is 0 Å².